The Balaban J connectivity index is 1.50. The summed E-state index contributed by atoms with van der Waals surface area (Å²) in [6.45, 7) is 3.89. The first kappa shape index (κ1) is 22.0. The number of halogens is 1. The van der Waals surface area contributed by atoms with Gasteiger partial charge in [-0.25, -0.2) is 4.90 Å². The normalized spacial score (nSPS) is 24.4. The molecular formula is C29H23BrN2O3. The highest BCUT2D eigenvalue weighted by atomic mass is 79.9. The SMILES string of the molecule is Cc1ccc(N2C(=O)[C@@H]3[C@H](C2=O)[C@H](C(=O)c2ccc(Br)cc2)N2c4ccccc4C=C[C@H]32)c(C)c1. The van der Waals surface area contributed by atoms with Gasteiger partial charge in [0.15, 0.2) is 5.78 Å². The summed E-state index contributed by atoms with van der Waals surface area (Å²) in [6.07, 6.45) is 3.98. The van der Waals surface area contributed by atoms with Crippen molar-refractivity contribution in [1.82, 2.24) is 0 Å². The Morgan fingerprint density at radius 1 is 0.857 bits per heavy atom. The Hall–Kier alpha value is -3.51. The Morgan fingerprint density at radius 2 is 1.57 bits per heavy atom. The van der Waals surface area contributed by atoms with Crippen molar-refractivity contribution in [2.24, 2.45) is 11.8 Å². The molecule has 6 rings (SSSR count). The molecule has 2 fully saturated rings. The molecular weight excluding hydrogens is 504 g/mol. The number of amides is 2. The number of carbonyl (C=O) groups is 3. The summed E-state index contributed by atoms with van der Waals surface area (Å²) in [5.41, 5.74) is 4.90. The van der Waals surface area contributed by atoms with Crippen LogP contribution in [0.3, 0.4) is 0 Å². The van der Waals surface area contributed by atoms with Crippen LogP contribution in [0.15, 0.2) is 77.3 Å². The van der Waals surface area contributed by atoms with E-state index in [1.54, 1.807) is 12.1 Å². The highest BCUT2D eigenvalue weighted by Gasteiger charge is 2.64. The monoisotopic (exact) mass is 526 g/mol. The van der Waals surface area contributed by atoms with Gasteiger partial charge in [-0.3, -0.25) is 14.4 Å². The molecule has 0 bridgehead atoms. The topological polar surface area (TPSA) is 57.7 Å². The second kappa shape index (κ2) is 8.02. The van der Waals surface area contributed by atoms with Crippen molar-refractivity contribution >= 4 is 51.0 Å². The van der Waals surface area contributed by atoms with Gasteiger partial charge in [-0.05, 0) is 49.2 Å². The van der Waals surface area contributed by atoms with E-state index in [-0.39, 0.29) is 23.6 Å². The molecule has 0 aromatic heterocycles. The first-order valence-electron chi connectivity index (χ1n) is 11.7. The number of nitrogens with zero attached hydrogens (tertiary/aromatic N) is 2. The molecule has 2 saturated heterocycles. The van der Waals surface area contributed by atoms with E-state index in [1.165, 1.54) is 4.90 Å². The minimum absolute atomic E-state index is 0.149. The van der Waals surface area contributed by atoms with Crippen LogP contribution in [-0.4, -0.2) is 29.7 Å². The average Bonchev–Trinajstić information content (AvgIpc) is 3.32. The van der Waals surface area contributed by atoms with Gasteiger partial charge in [0.05, 0.1) is 23.6 Å². The largest absolute Gasteiger partial charge is 0.352 e. The number of carbonyl (C=O) groups excluding carboxylic acids is 3. The summed E-state index contributed by atoms with van der Waals surface area (Å²) in [4.78, 5) is 45.2. The maximum Gasteiger partial charge on any atom is 0.240 e. The lowest BCUT2D eigenvalue weighted by Crippen LogP contribution is -2.49. The van der Waals surface area contributed by atoms with Crippen molar-refractivity contribution in [2.75, 3.05) is 9.80 Å². The van der Waals surface area contributed by atoms with Crippen molar-refractivity contribution in [2.45, 2.75) is 25.9 Å². The number of anilines is 2. The molecule has 0 aliphatic carbocycles. The zero-order valence-electron chi connectivity index (χ0n) is 19.3. The fraction of sp³-hybridized carbons (Fsp3) is 0.207. The van der Waals surface area contributed by atoms with Crippen LogP contribution in [0, 0.1) is 25.7 Å². The third-order valence-electron chi connectivity index (χ3n) is 7.41. The molecule has 2 amide bonds. The predicted octanol–water partition coefficient (Wildman–Crippen LogP) is 5.34. The van der Waals surface area contributed by atoms with Crippen LogP contribution in [0.2, 0.25) is 0 Å². The van der Waals surface area contributed by atoms with Gasteiger partial charge in [-0.2, -0.15) is 0 Å². The van der Waals surface area contributed by atoms with Crippen LogP contribution in [0.25, 0.3) is 6.08 Å². The molecule has 0 saturated carbocycles. The third kappa shape index (κ3) is 3.23. The number of fused-ring (bicyclic) bond motifs is 5. The Bertz CT molecular complexity index is 1430. The molecule has 4 atom stereocenters. The number of para-hydroxylation sites is 1. The molecule has 3 aliphatic heterocycles. The van der Waals surface area contributed by atoms with E-state index < -0.39 is 17.9 Å². The highest BCUT2D eigenvalue weighted by Crippen LogP contribution is 2.50. The number of rotatable bonds is 3. The number of Topliss-reactive ketones (excluding diaryl/α,β-unsaturated/α-hetero) is 1. The molecule has 0 radical (unpaired) electrons. The Kier molecular flexibility index (Phi) is 5.04. The smallest absolute Gasteiger partial charge is 0.240 e. The maximum atomic E-state index is 14.0. The lowest BCUT2D eigenvalue weighted by atomic mass is 9.86. The van der Waals surface area contributed by atoms with Gasteiger partial charge in [0.1, 0.15) is 6.04 Å². The standard InChI is InChI=1S/C29H23BrN2O3/c1-16-7-13-21(17(2)15-16)32-28(34)24-23-14-10-18-5-3-4-6-22(18)31(23)26(25(24)29(32)35)27(33)19-8-11-20(30)12-9-19/h3-15,23-26H,1-2H3/t23-,24+,25+,26-/m1/s1. The zero-order valence-corrected chi connectivity index (χ0v) is 20.9. The minimum Gasteiger partial charge on any atom is -0.352 e. The summed E-state index contributed by atoms with van der Waals surface area (Å²) in [5.74, 6) is -2.08. The first-order valence-corrected chi connectivity index (χ1v) is 12.5. The highest BCUT2D eigenvalue weighted by molar-refractivity contribution is 9.10. The van der Waals surface area contributed by atoms with Crippen LogP contribution in [0.4, 0.5) is 11.4 Å². The molecule has 35 heavy (non-hydrogen) atoms. The molecule has 3 aliphatic rings. The number of benzene rings is 3. The molecule has 0 spiro atoms. The summed E-state index contributed by atoms with van der Waals surface area (Å²) in [7, 11) is 0. The lowest BCUT2D eigenvalue weighted by Gasteiger charge is -2.36. The molecule has 0 N–H and O–H groups in total. The summed E-state index contributed by atoms with van der Waals surface area (Å²) in [5, 5.41) is 0. The number of aryl methyl sites for hydroxylation is 2. The van der Waals surface area contributed by atoms with Crippen molar-refractivity contribution < 1.29 is 14.4 Å². The second-order valence-electron chi connectivity index (χ2n) is 9.49. The number of hydrogen-bond acceptors (Lipinski definition) is 4. The third-order valence-corrected chi connectivity index (χ3v) is 7.93. The summed E-state index contributed by atoms with van der Waals surface area (Å²) in [6, 6.07) is 19.6. The van der Waals surface area contributed by atoms with Gasteiger partial charge in [-0.1, -0.05) is 76.1 Å². The van der Waals surface area contributed by atoms with Gasteiger partial charge >= 0.3 is 0 Å². The molecule has 6 heteroatoms. The van der Waals surface area contributed by atoms with Crippen LogP contribution in [-0.2, 0) is 9.59 Å². The van der Waals surface area contributed by atoms with Crippen LogP contribution >= 0.6 is 15.9 Å². The van der Waals surface area contributed by atoms with E-state index in [1.807, 2.05) is 85.5 Å². The predicted molar refractivity (Wildman–Crippen MR) is 139 cm³/mol. The van der Waals surface area contributed by atoms with E-state index in [0.717, 1.165) is 26.9 Å². The number of ketones is 1. The molecule has 174 valence electrons. The summed E-state index contributed by atoms with van der Waals surface area (Å²) < 4.78 is 0.871. The van der Waals surface area contributed by atoms with Gasteiger partial charge in [0, 0.05) is 15.7 Å². The van der Waals surface area contributed by atoms with Crippen LogP contribution in [0.5, 0.6) is 0 Å². The van der Waals surface area contributed by atoms with E-state index in [9.17, 15) is 14.4 Å². The van der Waals surface area contributed by atoms with Gasteiger partial charge in [0.2, 0.25) is 11.8 Å². The first-order chi connectivity index (χ1) is 16.9. The van der Waals surface area contributed by atoms with Crippen molar-refractivity contribution in [1.29, 1.82) is 0 Å². The minimum atomic E-state index is -0.774. The number of imide groups is 1. The molecule has 5 nitrogen and oxygen atoms in total. The molecule has 3 heterocycles. The van der Waals surface area contributed by atoms with E-state index in [2.05, 4.69) is 15.9 Å². The quantitative estimate of drug-likeness (QED) is 0.341. The average molecular weight is 527 g/mol. The lowest BCUT2D eigenvalue weighted by molar-refractivity contribution is -0.122. The maximum absolute atomic E-state index is 14.0. The van der Waals surface area contributed by atoms with Gasteiger partial charge in [0.25, 0.3) is 0 Å². The van der Waals surface area contributed by atoms with Crippen molar-refractivity contribution in [3.63, 3.8) is 0 Å². The van der Waals surface area contributed by atoms with Crippen molar-refractivity contribution in [3.8, 4) is 0 Å². The van der Waals surface area contributed by atoms with Crippen molar-refractivity contribution in [3.05, 3.63) is 99.5 Å². The summed E-state index contributed by atoms with van der Waals surface area (Å²) >= 11 is 3.43. The van der Waals surface area contributed by atoms with Crippen LogP contribution < -0.4 is 9.80 Å². The van der Waals surface area contributed by atoms with E-state index in [0.29, 0.717) is 11.3 Å². The van der Waals surface area contributed by atoms with Gasteiger partial charge in [-0.15, -0.1) is 0 Å². The molecule has 3 aromatic carbocycles. The fourth-order valence-electron chi connectivity index (χ4n) is 5.89. The van der Waals surface area contributed by atoms with E-state index in [4.69, 9.17) is 0 Å². The Labute approximate surface area is 212 Å². The van der Waals surface area contributed by atoms with Gasteiger partial charge < -0.3 is 4.90 Å². The fourth-order valence-corrected chi connectivity index (χ4v) is 6.16. The molecule has 0 unspecified atom stereocenters. The Morgan fingerprint density at radius 3 is 2.31 bits per heavy atom. The molecule has 3 aromatic rings. The van der Waals surface area contributed by atoms with E-state index >= 15 is 0 Å². The zero-order chi connectivity index (χ0) is 24.4. The second-order valence-corrected chi connectivity index (χ2v) is 10.4. The number of hydrogen-bond donors (Lipinski definition) is 0. The van der Waals surface area contributed by atoms with Crippen LogP contribution in [0.1, 0.15) is 27.0 Å².